The van der Waals surface area contributed by atoms with Crippen molar-refractivity contribution in [1.29, 1.82) is 5.26 Å². The van der Waals surface area contributed by atoms with Crippen molar-refractivity contribution in [2.75, 3.05) is 19.6 Å². The van der Waals surface area contributed by atoms with Gasteiger partial charge in [0.1, 0.15) is 0 Å². The summed E-state index contributed by atoms with van der Waals surface area (Å²) < 4.78 is 0. The second kappa shape index (κ2) is 4.59. The SMILES string of the molecule is CC(C)(C#N)CNC1CCCNC1. The normalized spacial score (nSPS) is 23.9. The summed E-state index contributed by atoms with van der Waals surface area (Å²) in [6.45, 7) is 6.91. The van der Waals surface area contributed by atoms with E-state index in [9.17, 15) is 0 Å². The van der Waals surface area contributed by atoms with E-state index >= 15 is 0 Å². The first-order chi connectivity index (χ1) is 6.14. The van der Waals surface area contributed by atoms with Gasteiger partial charge in [0.15, 0.2) is 0 Å². The summed E-state index contributed by atoms with van der Waals surface area (Å²) in [5.74, 6) is 0. The maximum Gasteiger partial charge on any atom is 0.0697 e. The van der Waals surface area contributed by atoms with Crippen molar-refractivity contribution in [3.63, 3.8) is 0 Å². The van der Waals surface area contributed by atoms with Gasteiger partial charge in [-0.15, -0.1) is 0 Å². The van der Waals surface area contributed by atoms with Crippen LogP contribution in [0.1, 0.15) is 26.7 Å². The van der Waals surface area contributed by atoms with Gasteiger partial charge in [0.25, 0.3) is 0 Å². The van der Waals surface area contributed by atoms with Crippen LogP contribution in [0.3, 0.4) is 0 Å². The molecule has 1 rings (SSSR count). The molecule has 1 atom stereocenters. The minimum absolute atomic E-state index is 0.239. The monoisotopic (exact) mass is 181 g/mol. The fraction of sp³-hybridized carbons (Fsp3) is 0.900. The Morgan fingerprint density at radius 1 is 1.62 bits per heavy atom. The van der Waals surface area contributed by atoms with Crippen molar-refractivity contribution in [1.82, 2.24) is 10.6 Å². The third-order valence-corrected chi connectivity index (χ3v) is 2.43. The first kappa shape index (κ1) is 10.5. The molecule has 0 aromatic carbocycles. The van der Waals surface area contributed by atoms with E-state index in [1.165, 1.54) is 12.8 Å². The average Bonchev–Trinajstić information content (AvgIpc) is 2.17. The molecule has 0 spiro atoms. The summed E-state index contributed by atoms with van der Waals surface area (Å²) in [5, 5.41) is 15.6. The van der Waals surface area contributed by atoms with Crippen LogP contribution in [-0.4, -0.2) is 25.7 Å². The highest BCUT2D eigenvalue weighted by atomic mass is 15.0. The molecule has 2 N–H and O–H groups in total. The van der Waals surface area contributed by atoms with Crippen LogP contribution in [-0.2, 0) is 0 Å². The third-order valence-electron chi connectivity index (χ3n) is 2.43. The molecule has 1 aliphatic rings. The molecule has 0 aromatic heterocycles. The lowest BCUT2D eigenvalue weighted by Gasteiger charge is -2.26. The molecule has 1 aliphatic heterocycles. The number of hydrogen-bond acceptors (Lipinski definition) is 3. The molecule has 3 nitrogen and oxygen atoms in total. The van der Waals surface area contributed by atoms with Crippen LogP contribution in [0, 0.1) is 16.7 Å². The molecule has 0 aromatic rings. The van der Waals surface area contributed by atoms with Crippen molar-refractivity contribution in [2.24, 2.45) is 5.41 Å². The van der Waals surface area contributed by atoms with Gasteiger partial charge >= 0.3 is 0 Å². The summed E-state index contributed by atoms with van der Waals surface area (Å²) in [4.78, 5) is 0. The molecule has 1 fully saturated rings. The van der Waals surface area contributed by atoms with Gasteiger partial charge in [0, 0.05) is 19.1 Å². The fourth-order valence-electron chi connectivity index (χ4n) is 1.47. The minimum atomic E-state index is -0.239. The van der Waals surface area contributed by atoms with E-state index in [0.29, 0.717) is 6.04 Å². The first-order valence-corrected chi connectivity index (χ1v) is 4.99. The minimum Gasteiger partial charge on any atom is -0.315 e. The number of nitriles is 1. The van der Waals surface area contributed by atoms with Crippen molar-refractivity contribution < 1.29 is 0 Å². The van der Waals surface area contributed by atoms with Gasteiger partial charge in [-0.1, -0.05) is 0 Å². The van der Waals surface area contributed by atoms with E-state index in [1.54, 1.807) is 0 Å². The van der Waals surface area contributed by atoms with E-state index < -0.39 is 0 Å². The van der Waals surface area contributed by atoms with Gasteiger partial charge in [-0.2, -0.15) is 5.26 Å². The van der Waals surface area contributed by atoms with Crippen LogP contribution in [0.2, 0.25) is 0 Å². The molecule has 1 saturated heterocycles. The zero-order chi connectivity index (χ0) is 9.73. The Kier molecular flexibility index (Phi) is 3.71. The topological polar surface area (TPSA) is 47.9 Å². The molecule has 13 heavy (non-hydrogen) atoms. The van der Waals surface area contributed by atoms with Gasteiger partial charge in [-0.05, 0) is 33.2 Å². The number of hydrogen-bond donors (Lipinski definition) is 2. The molecular weight excluding hydrogens is 162 g/mol. The first-order valence-electron chi connectivity index (χ1n) is 4.99. The number of nitrogens with one attached hydrogen (secondary N) is 2. The van der Waals surface area contributed by atoms with Gasteiger partial charge < -0.3 is 10.6 Å². The smallest absolute Gasteiger partial charge is 0.0697 e. The molecule has 0 bridgehead atoms. The van der Waals surface area contributed by atoms with E-state index in [-0.39, 0.29) is 5.41 Å². The van der Waals surface area contributed by atoms with E-state index in [2.05, 4.69) is 16.7 Å². The zero-order valence-electron chi connectivity index (χ0n) is 8.56. The largest absolute Gasteiger partial charge is 0.315 e. The molecule has 0 amide bonds. The average molecular weight is 181 g/mol. The quantitative estimate of drug-likeness (QED) is 0.679. The second-order valence-electron chi connectivity index (χ2n) is 4.42. The van der Waals surface area contributed by atoms with Crippen LogP contribution in [0.25, 0.3) is 0 Å². The van der Waals surface area contributed by atoms with Crippen LogP contribution in [0.5, 0.6) is 0 Å². The number of nitrogens with zero attached hydrogens (tertiary/aromatic N) is 1. The summed E-state index contributed by atoms with van der Waals surface area (Å²) in [6.07, 6.45) is 2.47. The fourth-order valence-corrected chi connectivity index (χ4v) is 1.47. The molecule has 1 heterocycles. The van der Waals surface area contributed by atoms with Gasteiger partial charge in [-0.3, -0.25) is 0 Å². The van der Waals surface area contributed by atoms with E-state index in [0.717, 1.165) is 19.6 Å². The Morgan fingerprint density at radius 2 is 2.38 bits per heavy atom. The molecule has 0 saturated carbocycles. The van der Waals surface area contributed by atoms with E-state index in [4.69, 9.17) is 5.26 Å². The van der Waals surface area contributed by atoms with Crippen LogP contribution in [0.15, 0.2) is 0 Å². The summed E-state index contributed by atoms with van der Waals surface area (Å²) in [6, 6.07) is 2.85. The zero-order valence-corrected chi connectivity index (χ0v) is 8.56. The Bertz CT molecular complexity index is 187. The Balaban J connectivity index is 2.22. The summed E-state index contributed by atoms with van der Waals surface area (Å²) >= 11 is 0. The maximum absolute atomic E-state index is 8.82. The predicted octanol–water partition coefficient (Wildman–Crippen LogP) is 0.878. The summed E-state index contributed by atoms with van der Waals surface area (Å²) in [7, 11) is 0. The second-order valence-corrected chi connectivity index (χ2v) is 4.42. The highest BCUT2D eigenvalue weighted by Crippen LogP contribution is 2.12. The standard InChI is InChI=1S/C10H19N3/c1-10(2,7-11)8-13-9-4-3-5-12-6-9/h9,12-13H,3-6,8H2,1-2H3. The summed E-state index contributed by atoms with van der Waals surface area (Å²) in [5.41, 5.74) is -0.239. The van der Waals surface area contributed by atoms with Crippen LogP contribution < -0.4 is 10.6 Å². The molecule has 74 valence electrons. The highest BCUT2D eigenvalue weighted by molar-refractivity contribution is 4.94. The Labute approximate surface area is 80.5 Å². The van der Waals surface area contributed by atoms with Crippen molar-refractivity contribution in [3.8, 4) is 6.07 Å². The lowest BCUT2D eigenvalue weighted by molar-refractivity contribution is 0.345. The maximum atomic E-state index is 8.82. The van der Waals surface area contributed by atoms with Crippen molar-refractivity contribution in [2.45, 2.75) is 32.7 Å². The van der Waals surface area contributed by atoms with Gasteiger partial charge in [0.05, 0.1) is 11.5 Å². The van der Waals surface area contributed by atoms with Gasteiger partial charge in [0.2, 0.25) is 0 Å². The Hall–Kier alpha value is -0.590. The molecule has 0 radical (unpaired) electrons. The lowest BCUT2D eigenvalue weighted by atomic mass is 9.95. The predicted molar refractivity (Wildman–Crippen MR) is 53.3 cm³/mol. The molecule has 0 aliphatic carbocycles. The van der Waals surface area contributed by atoms with Crippen molar-refractivity contribution in [3.05, 3.63) is 0 Å². The molecule has 1 unspecified atom stereocenters. The Morgan fingerprint density at radius 3 is 2.92 bits per heavy atom. The third kappa shape index (κ3) is 3.75. The van der Waals surface area contributed by atoms with Crippen LogP contribution in [0.4, 0.5) is 0 Å². The van der Waals surface area contributed by atoms with Gasteiger partial charge in [-0.25, -0.2) is 0 Å². The number of piperidine rings is 1. The van der Waals surface area contributed by atoms with E-state index in [1.807, 2.05) is 13.8 Å². The lowest BCUT2D eigenvalue weighted by Crippen LogP contribution is -2.45. The molecule has 3 heteroatoms. The van der Waals surface area contributed by atoms with Crippen LogP contribution >= 0.6 is 0 Å². The molecular formula is C10H19N3. The van der Waals surface area contributed by atoms with Crippen molar-refractivity contribution >= 4 is 0 Å². The highest BCUT2D eigenvalue weighted by Gasteiger charge is 2.19. The number of rotatable bonds is 3.